The fourth-order valence-electron chi connectivity index (χ4n) is 4.41. The number of amides is 3. The van der Waals surface area contributed by atoms with Crippen molar-refractivity contribution in [1.29, 1.82) is 0 Å². The molecule has 11 heteroatoms. The molecule has 1 aliphatic rings. The molecule has 2 bridgehead atoms. The first-order valence-corrected chi connectivity index (χ1v) is 13.7. The quantitative estimate of drug-likeness (QED) is 0.472. The Balaban J connectivity index is 1.55. The van der Waals surface area contributed by atoms with Crippen LogP contribution < -0.4 is 15.4 Å². The second-order valence-corrected chi connectivity index (χ2v) is 10.2. The highest BCUT2D eigenvalue weighted by molar-refractivity contribution is 5.99. The van der Waals surface area contributed by atoms with Gasteiger partial charge in [-0.05, 0) is 42.2 Å². The van der Waals surface area contributed by atoms with E-state index in [1.54, 1.807) is 21.9 Å². The lowest BCUT2D eigenvalue weighted by Gasteiger charge is -2.24. The van der Waals surface area contributed by atoms with Gasteiger partial charge in [0, 0.05) is 38.3 Å². The lowest BCUT2D eigenvalue weighted by Crippen LogP contribution is -2.49. The molecule has 2 heterocycles. The molecule has 0 fully saturated rings. The average Bonchev–Trinajstić information content (AvgIpc) is 3.41. The van der Waals surface area contributed by atoms with Crippen LogP contribution in [0.3, 0.4) is 0 Å². The summed E-state index contributed by atoms with van der Waals surface area (Å²) in [6.07, 6.45) is 5.87. The number of carbonyl (C=O) groups is 3. The number of hydrogen-bond acceptors (Lipinski definition) is 6. The normalized spacial score (nSPS) is 17.3. The fourth-order valence-corrected chi connectivity index (χ4v) is 4.41. The van der Waals surface area contributed by atoms with Crippen molar-refractivity contribution in [3.05, 3.63) is 83.4 Å². The topological polar surface area (TPSA) is 118 Å². The van der Waals surface area contributed by atoms with Gasteiger partial charge in [-0.2, -0.15) is 0 Å². The van der Waals surface area contributed by atoms with Gasteiger partial charge in [0.2, 0.25) is 11.8 Å². The first kappa shape index (κ1) is 29.4. The summed E-state index contributed by atoms with van der Waals surface area (Å²) in [5, 5.41) is 13.9. The first-order valence-electron chi connectivity index (χ1n) is 13.7. The molecular formula is C30H35FN6O4. The van der Waals surface area contributed by atoms with E-state index in [2.05, 4.69) is 20.9 Å². The summed E-state index contributed by atoms with van der Waals surface area (Å²) in [5.41, 5.74) is 1.59. The molecule has 216 valence electrons. The summed E-state index contributed by atoms with van der Waals surface area (Å²) in [6.45, 7) is 5.17. The van der Waals surface area contributed by atoms with Crippen molar-refractivity contribution in [2.45, 2.75) is 39.3 Å². The van der Waals surface area contributed by atoms with Crippen molar-refractivity contribution in [3.63, 3.8) is 0 Å². The van der Waals surface area contributed by atoms with Gasteiger partial charge in [0.1, 0.15) is 24.2 Å². The zero-order chi connectivity index (χ0) is 29.2. The van der Waals surface area contributed by atoms with Crippen LogP contribution in [-0.2, 0) is 22.6 Å². The summed E-state index contributed by atoms with van der Waals surface area (Å²) in [6, 6.07) is 12.3. The Morgan fingerprint density at radius 1 is 1.15 bits per heavy atom. The second kappa shape index (κ2) is 14.2. The average molecular weight is 563 g/mol. The van der Waals surface area contributed by atoms with Gasteiger partial charge in [-0.15, -0.1) is 5.10 Å². The minimum atomic E-state index is -0.857. The number of rotatable bonds is 4. The van der Waals surface area contributed by atoms with Gasteiger partial charge < -0.3 is 20.3 Å². The Morgan fingerprint density at radius 2 is 1.95 bits per heavy atom. The smallest absolute Gasteiger partial charge is 0.255 e. The van der Waals surface area contributed by atoms with Crippen LogP contribution in [0.15, 0.2) is 60.8 Å². The van der Waals surface area contributed by atoms with Gasteiger partial charge in [-0.3, -0.25) is 14.4 Å². The van der Waals surface area contributed by atoms with E-state index in [0.717, 1.165) is 11.6 Å². The third-order valence-electron chi connectivity index (χ3n) is 6.53. The van der Waals surface area contributed by atoms with E-state index in [9.17, 15) is 18.8 Å². The van der Waals surface area contributed by atoms with Crippen molar-refractivity contribution >= 4 is 23.8 Å². The van der Waals surface area contributed by atoms with Crippen molar-refractivity contribution < 1.29 is 23.5 Å². The molecule has 1 aliphatic heterocycles. The molecule has 1 aromatic heterocycles. The molecule has 0 aliphatic carbocycles. The van der Waals surface area contributed by atoms with E-state index >= 15 is 0 Å². The fraction of sp³-hybridized carbons (Fsp3) is 0.367. The van der Waals surface area contributed by atoms with Crippen LogP contribution >= 0.6 is 0 Å². The molecule has 3 aromatic rings. The van der Waals surface area contributed by atoms with E-state index in [4.69, 9.17) is 4.74 Å². The largest absolute Gasteiger partial charge is 0.491 e. The molecular weight excluding hydrogens is 527 g/mol. The Labute approximate surface area is 238 Å². The van der Waals surface area contributed by atoms with E-state index in [0.29, 0.717) is 31.6 Å². The maximum absolute atomic E-state index is 14.1. The second-order valence-electron chi connectivity index (χ2n) is 10.2. The predicted octanol–water partition coefficient (Wildman–Crippen LogP) is 2.86. The highest BCUT2D eigenvalue weighted by Gasteiger charge is 2.25. The molecule has 0 saturated carbocycles. The molecule has 1 atom stereocenters. The van der Waals surface area contributed by atoms with E-state index < -0.39 is 17.8 Å². The van der Waals surface area contributed by atoms with Crippen molar-refractivity contribution in [3.8, 4) is 5.75 Å². The molecule has 0 radical (unpaired) electrons. The Kier molecular flexibility index (Phi) is 10.2. The SMILES string of the molecule is CC(C)C[C@H]1NC(=O)c2cc(F)ccc2OCCn2cc(nn2)CCN(C(=O)C=Cc2ccccc2)CCNC1=O. The molecule has 0 saturated heterocycles. The standard InChI is InChI=1S/C30H35FN6O4/c1-21(2)18-26-30(40)32-13-15-36(28(38)11-8-22-6-4-3-5-7-22)14-12-24-20-37(35-34-24)16-17-41-27-10-9-23(31)19-25(27)29(39)33-26/h3-11,19-21,26H,12-18H2,1-2H3,(H,32,40)(H,33,39)/t26-/m1/s1. The van der Waals surface area contributed by atoms with Crippen LogP contribution in [0, 0.1) is 11.7 Å². The maximum Gasteiger partial charge on any atom is 0.255 e. The molecule has 3 amide bonds. The highest BCUT2D eigenvalue weighted by Crippen LogP contribution is 2.21. The lowest BCUT2D eigenvalue weighted by atomic mass is 10.0. The van der Waals surface area contributed by atoms with E-state index in [-0.39, 0.29) is 48.7 Å². The minimum absolute atomic E-state index is 0.00562. The number of hydrogen-bond donors (Lipinski definition) is 2. The monoisotopic (exact) mass is 562 g/mol. The molecule has 4 rings (SSSR count). The number of aromatic nitrogens is 3. The summed E-state index contributed by atoms with van der Waals surface area (Å²) >= 11 is 0. The van der Waals surface area contributed by atoms with Gasteiger partial charge in [0.15, 0.2) is 0 Å². The summed E-state index contributed by atoms with van der Waals surface area (Å²) < 4.78 is 21.5. The van der Waals surface area contributed by atoms with Crippen LogP contribution in [0.25, 0.3) is 6.08 Å². The third-order valence-corrected chi connectivity index (χ3v) is 6.53. The Hall–Kier alpha value is -4.54. The molecule has 41 heavy (non-hydrogen) atoms. The Morgan fingerprint density at radius 3 is 2.73 bits per heavy atom. The zero-order valence-electron chi connectivity index (χ0n) is 23.3. The van der Waals surface area contributed by atoms with Gasteiger partial charge in [0.05, 0.1) is 17.8 Å². The highest BCUT2D eigenvalue weighted by atomic mass is 19.1. The van der Waals surface area contributed by atoms with Crippen molar-refractivity contribution in [2.24, 2.45) is 5.92 Å². The molecule has 2 aromatic carbocycles. The van der Waals surface area contributed by atoms with Crippen molar-refractivity contribution in [2.75, 3.05) is 26.2 Å². The molecule has 0 unspecified atom stereocenters. The molecule has 10 nitrogen and oxygen atoms in total. The van der Waals surface area contributed by atoms with Crippen LogP contribution in [0.5, 0.6) is 5.75 Å². The summed E-state index contributed by atoms with van der Waals surface area (Å²) in [4.78, 5) is 41.1. The minimum Gasteiger partial charge on any atom is -0.491 e. The maximum atomic E-state index is 14.1. The first-order chi connectivity index (χ1) is 19.8. The number of halogens is 1. The van der Waals surface area contributed by atoms with Gasteiger partial charge >= 0.3 is 0 Å². The Bertz CT molecular complexity index is 1370. The molecule has 0 spiro atoms. The predicted molar refractivity (Wildman–Crippen MR) is 151 cm³/mol. The lowest BCUT2D eigenvalue weighted by molar-refractivity contribution is -0.127. The van der Waals surface area contributed by atoms with Crippen molar-refractivity contribution in [1.82, 2.24) is 30.5 Å². The van der Waals surface area contributed by atoms with Gasteiger partial charge in [-0.1, -0.05) is 49.4 Å². The van der Waals surface area contributed by atoms with Crippen LogP contribution in [0.1, 0.15) is 41.9 Å². The number of benzene rings is 2. The van der Waals surface area contributed by atoms with Crippen LogP contribution in [0.4, 0.5) is 4.39 Å². The van der Waals surface area contributed by atoms with Crippen LogP contribution in [0.2, 0.25) is 0 Å². The van der Waals surface area contributed by atoms with Gasteiger partial charge in [-0.25, -0.2) is 9.07 Å². The number of fused-ring (bicyclic) bond motifs is 3. The summed E-state index contributed by atoms with van der Waals surface area (Å²) in [7, 11) is 0. The van der Waals surface area contributed by atoms with E-state index in [1.807, 2.05) is 44.2 Å². The molecule has 2 N–H and O–H groups in total. The third kappa shape index (κ3) is 8.72. The van der Waals surface area contributed by atoms with E-state index in [1.165, 1.54) is 18.2 Å². The number of nitrogens with zero attached hydrogens (tertiary/aromatic N) is 4. The van der Waals surface area contributed by atoms with Gasteiger partial charge in [0.25, 0.3) is 5.91 Å². The zero-order valence-corrected chi connectivity index (χ0v) is 23.3. The number of carbonyl (C=O) groups excluding carboxylic acids is 3. The van der Waals surface area contributed by atoms with Crippen LogP contribution in [-0.4, -0.2) is 69.9 Å². The number of ether oxygens (including phenoxy) is 1. The summed E-state index contributed by atoms with van der Waals surface area (Å²) in [5.74, 6) is -1.51. The number of nitrogens with one attached hydrogen (secondary N) is 2.